The van der Waals surface area contributed by atoms with Crippen molar-refractivity contribution in [2.45, 2.75) is 58.7 Å². The summed E-state index contributed by atoms with van der Waals surface area (Å²) in [5.74, 6) is 0. The molecule has 2 aromatic carbocycles. The number of hydrogen-bond acceptors (Lipinski definition) is 2. The van der Waals surface area contributed by atoms with E-state index in [1.54, 1.807) is 0 Å². The number of carbonyl (C=O) groups is 1. The Balaban J connectivity index is 1.61. The third-order valence-electron chi connectivity index (χ3n) is 6.01. The standard InChI is InChI=1S/C25H28N2O2/c1-25(2,3)29-24(28)26-13-11-22-21(16-26)20-15-19(17-8-5-4-6-9-17)14-18-10-7-12-27(22)23(18)20/h4-6,8-9,14-15H,7,10-13,16H2,1-3H3. The van der Waals surface area contributed by atoms with Crippen molar-refractivity contribution in [2.75, 3.05) is 6.54 Å². The molecule has 5 rings (SSSR count). The van der Waals surface area contributed by atoms with E-state index in [0.717, 1.165) is 25.9 Å². The minimum Gasteiger partial charge on any atom is -0.444 e. The van der Waals surface area contributed by atoms with Crippen LogP contribution in [0.15, 0.2) is 42.5 Å². The van der Waals surface area contributed by atoms with E-state index in [1.165, 1.54) is 45.3 Å². The highest BCUT2D eigenvalue weighted by Gasteiger charge is 2.31. The molecule has 3 aromatic rings. The SMILES string of the molecule is CC(C)(C)OC(=O)N1CCc2c(c3cc(-c4ccccc4)cc4c3n2CCC4)C1. The van der Waals surface area contributed by atoms with Crippen LogP contribution in [-0.2, 0) is 30.7 Å². The van der Waals surface area contributed by atoms with Gasteiger partial charge in [0.05, 0.1) is 12.1 Å². The molecule has 1 aromatic heterocycles. The number of fused-ring (bicyclic) bond motifs is 3. The van der Waals surface area contributed by atoms with E-state index in [1.807, 2.05) is 25.7 Å². The largest absolute Gasteiger partial charge is 0.444 e. The summed E-state index contributed by atoms with van der Waals surface area (Å²) in [6, 6.07) is 15.3. The molecule has 0 saturated heterocycles. The molecule has 3 heterocycles. The zero-order valence-corrected chi connectivity index (χ0v) is 17.5. The number of amides is 1. The molecule has 0 aliphatic carbocycles. The Morgan fingerprint density at radius 2 is 1.79 bits per heavy atom. The van der Waals surface area contributed by atoms with Gasteiger partial charge in [-0.3, -0.25) is 0 Å². The lowest BCUT2D eigenvalue weighted by molar-refractivity contribution is 0.0223. The van der Waals surface area contributed by atoms with Crippen molar-refractivity contribution in [3.05, 3.63) is 59.3 Å². The molecule has 0 unspecified atom stereocenters. The summed E-state index contributed by atoms with van der Waals surface area (Å²) in [6.07, 6.45) is 2.98. The Hall–Kier alpha value is -2.75. The Morgan fingerprint density at radius 1 is 1.00 bits per heavy atom. The van der Waals surface area contributed by atoms with Gasteiger partial charge in [-0.2, -0.15) is 0 Å². The van der Waals surface area contributed by atoms with Crippen LogP contribution in [0.5, 0.6) is 0 Å². The van der Waals surface area contributed by atoms with Crippen LogP contribution in [0.1, 0.15) is 44.0 Å². The maximum absolute atomic E-state index is 12.7. The second-order valence-corrected chi connectivity index (χ2v) is 9.23. The van der Waals surface area contributed by atoms with Crippen LogP contribution in [0.4, 0.5) is 4.79 Å². The lowest BCUT2D eigenvalue weighted by Gasteiger charge is -2.31. The maximum atomic E-state index is 12.7. The molecule has 0 N–H and O–H groups in total. The van der Waals surface area contributed by atoms with Gasteiger partial charge in [-0.25, -0.2) is 4.79 Å². The van der Waals surface area contributed by atoms with Crippen LogP contribution in [0, 0.1) is 0 Å². The van der Waals surface area contributed by atoms with E-state index >= 15 is 0 Å². The molecule has 1 amide bonds. The number of rotatable bonds is 1. The summed E-state index contributed by atoms with van der Waals surface area (Å²) in [4.78, 5) is 14.6. The van der Waals surface area contributed by atoms with Crippen molar-refractivity contribution in [2.24, 2.45) is 0 Å². The highest BCUT2D eigenvalue weighted by Crippen LogP contribution is 2.39. The van der Waals surface area contributed by atoms with Crippen LogP contribution in [0.25, 0.3) is 22.0 Å². The first-order valence-corrected chi connectivity index (χ1v) is 10.6. The normalized spacial score (nSPS) is 16.0. The fourth-order valence-electron chi connectivity index (χ4n) is 4.81. The number of nitrogens with zero attached hydrogens (tertiary/aromatic N) is 2. The van der Waals surface area contributed by atoms with Crippen LogP contribution in [-0.4, -0.2) is 27.7 Å². The number of aryl methyl sites for hydroxylation is 2. The Labute approximate surface area is 172 Å². The summed E-state index contributed by atoms with van der Waals surface area (Å²) in [7, 11) is 0. The van der Waals surface area contributed by atoms with E-state index in [9.17, 15) is 4.79 Å². The maximum Gasteiger partial charge on any atom is 0.410 e. The Bertz CT molecular complexity index is 1090. The monoisotopic (exact) mass is 388 g/mol. The molecule has 4 heteroatoms. The molecule has 29 heavy (non-hydrogen) atoms. The fourth-order valence-corrected chi connectivity index (χ4v) is 4.81. The molecule has 2 aliphatic rings. The van der Waals surface area contributed by atoms with Gasteiger partial charge in [0.1, 0.15) is 5.60 Å². The van der Waals surface area contributed by atoms with Gasteiger partial charge in [0.15, 0.2) is 0 Å². The molecule has 150 valence electrons. The number of carbonyl (C=O) groups excluding carboxylic acids is 1. The smallest absolute Gasteiger partial charge is 0.410 e. The van der Waals surface area contributed by atoms with Crippen LogP contribution < -0.4 is 0 Å². The summed E-state index contributed by atoms with van der Waals surface area (Å²) in [5.41, 5.74) is 7.57. The van der Waals surface area contributed by atoms with Gasteiger partial charge >= 0.3 is 6.09 Å². The lowest BCUT2D eigenvalue weighted by Crippen LogP contribution is -2.40. The second kappa shape index (κ2) is 6.65. The topological polar surface area (TPSA) is 34.5 Å². The molecule has 0 atom stereocenters. The van der Waals surface area contributed by atoms with Crippen molar-refractivity contribution in [3.8, 4) is 11.1 Å². The van der Waals surface area contributed by atoms with Crippen molar-refractivity contribution in [1.29, 1.82) is 0 Å². The van der Waals surface area contributed by atoms with Gasteiger partial charge in [0.25, 0.3) is 0 Å². The van der Waals surface area contributed by atoms with E-state index < -0.39 is 5.60 Å². The van der Waals surface area contributed by atoms with E-state index in [4.69, 9.17) is 4.74 Å². The Morgan fingerprint density at radius 3 is 2.55 bits per heavy atom. The first kappa shape index (κ1) is 18.3. The average Bonchev–Trinajstić information content (AvgIpc) is 3.02. The number of aromatic nitrogens is 1. The summed E-state index contributed by atoms with van der Waals surface area (Å²) in [6.45, 7) is 8.20. The number of hydrogen-bond donors (Lipinski definition) is 0. The minimum atomic E-state index is -0.470. The predicted molar refractivity (Wildman–Crippen MR) is 116 cm³/mol. The van der Waals surface area contributed by atoms with Crippen molar-refractivity contribution < 1.29 is 9.53 Å². The minimum absolute atomic E-state index is 0.210. The molecular formula is C25H28N2O2. The molecule has 0 spiro atoms. The van der Waals surface area contributed by atoms with Crippen molar-refractivity contribution >= 4 is 17.0 Å². The molecule has 4 nitrogen and oxygen atoms in total. The first-order chi connectivity index (χ1) is 13.9. The zero-order chi connectivity index (χ0) is 20.2. The van der Waals surface area contributed by atoms with Crippen molar-refractivity contribution in [3.63, 3.8) is 0 Å². The first-order valence-electron chi connectivity index (χ1n) is 10.6. The Kier molecular flexibility index (Phi) is 4.19. The molecule has 2 aliphatic heterocycles. The molecule has 0 saturated carbocycles. The van der Waals surface area contributed by atoms with E-state index in [-0.39, 0.29) is 6.09 Å². The summed E-state index contributed by atoms with van der Waals surface area (Å²) < 4.78 is 8.17. The number of benzene rings is 2. The average molecular weight is 389 g/mol. The van der Waals surface area contributed by atoms with Crippen LogP contribution >= 0.6 is 0 Å². The summed E-state index contributed by atoms with van der Waals surface area (Å²) in [5, 5.41) is 1.31. The summed E-state index contributed by atoms with van der Waals surface area (Å²) >= 11 is 0. The highest BCUT2D eigenvalue weighted by atomic mass is 16.6. The van der Waals surface area contributed by atoms with Gasteiger partial charge < -0.3 is 14.2 Å². The molecular weight excluding hydrogens is 360 g/mol. The van der Waals surface area contributed by atoms with Crippen molar-refractivity contribution in [1.82, 2.24) is 9.47 Å². The predicted octanol–water partition coefficient (Wildman–Crippen LogP) is 5.55. The van der Waals surface area contributed by atoms with E-state index in [0.29, 0.717) is 6.54 Å². The van der Waals surface area contributed by atoms with Gasteiger partial charge in [-0.15, -0.1) is 0 Å². The van der Waals surface area contributed by atoms with E-state index in [2.05, 4.69) is 47.0 Å². The fraction of sp³-hybridized carbons (Fsp3) is 0.400. The quantitative estimate of drug-likeness (QED) is 0.548. The van der Waals surface area contributed by atoms with Gasteiger partial charge in [0, 0.05) is 36.2 Å². The second-order valence-electron chi connectivity index (χ2n) is 9.23. The molecule has 0 radical (unpaired) electrons. The van der Waals surface area contributed by atoms with Gasteiger partial charge in [-0.05, 0) is 62.4 Å². The highest BCUT2D eigenvalue weighted by molar-refractivity contribution is 5.93. The van der Waals surface area contributed by atoms with Crippen LogP contribution in [0.2, 0.25) is 0 Å². The van der Waals surface area contributed by atoms with Gasteiger partial charge in [0.2, 0.25) is 0 Å². The van der Waals surface area contributed by atoms with Gasteiger partial charge in [-0.1, -0.05) is 30.3 Å². The zero-order valence-electron chi connectivity index (χ0n) is 17.5. The molecule has 0 fully saturated rings. The number of ether oxygens (including phenoxy) is 1. The third-order valence-corrected chi connectivity index (χ3v) is 6.01. The van der Waals surface area contributed by atoms with Crippen LogP contribution in [0.3, 0.4) is 0 Å². The lowest BCUT2D eigenvalue weighted by atomic mass is 9.95. The molecule has 0 bridgehead atoms. The third kappa shape index (κ3) is 3.21.